The van der Waals surface area contributed by atoms with Gasteiger partial charge in [0.2, 0.25) is 0 Å². The van der Waals surface area contributed by atoms with Gasteiger partial charge >= 0.3 is 0 Å². The van der Waals surface area contributed by atoms with Gasteiger partial charge in [-0.2, -0.15) is 0 Å². The molecule has 3 aromatic rings. The highest BCUT2D eigenvalue weighted by atomic mass is 79.9. The number of nitrogens with one attached hydrogen (secondary N) is 1. The lowest BCUT2D eigenvalue weighted by Crippen LogP contribution is -2.33. The van der Waals surface area contributed by atoms with Crippen molar-refractivity contribution in [1.29, 1.82) is 0 Å². The van der Waals surface area contributed by atoms with Gasteiger partial charge in [0.15, 0.2) is 0 Å². The predicted molar refractivity (Wildman–Crippen MR) is 115 cm³/mol. The van der Waals surface area contributed by atoms with Crippen molar-refractivity contribution in [3.8, 4) is 11.5 Å². The number of aromatic hydroxyl groups is 1. The maximum Gasteiger partial charge on any atom is 0.129 e. The number of aliphatic imine (C=N–C) groups is 1. The Hall–Kier alpha value is -2.63. The van der Waals surface area contributed by atoms with E-state index in [0.717, 1.165) is 32.6 Å². The van der Waals surface area contributed by atoms with Crippen molar-refractivity contribution in [2.75, 3.05) is 7.11 Å². The Bertz CT molecular complexity index is 1020. The highest BCUT2D eigenvalue weighted by molar-refractivity contribution is 9.10. The second kappa shape index (κ2) is 8.17. The van der Waals surface area contributed by atoms with Crippen LogP contribution < -0.4 is 10.1 Å². The fourth-order valence-electron chi connectivity index (χ4n) is 3.58. The lowest BCUT2D eigenvalue weighted by Gasteiger charge is -2.31. The van der Waals surface area contributed by atoms with Gasteiger partial charge in [-0.25, -0.2) is 0 Å². The normalized spacial score (nSPS) is 19.1. The summed E-state index contributed by atoms with van der Waals surface area (Å²) in [6.45, 7) is 0. The first-order valence-corrected chi connectivity index (χ1v) is 9.94. The van der Waals surface area contributed by atoms with Crippen molar-refractivity contribution in [2.24, 2.45) is 4.99 Å². The number of phenolic OH excluding ortho intramolecular Hbond substituents is 1. The molecule has 0 fully saturated rings. The summed E-state index contributed by atoms with van der Waals surface area (Å²) in [6, 6.07) is 23.4. The largest absolute Gasteiger partial charge is 0.508 e. The van der Waals surface area contributed by atoms with Crippen LogP contribution in [-0.4, -0.2) is 17.9 Å². The lowest BCUT2D eigenvalue weighted by molar-refractivity contribution is 0.381. The minimum absolute atomic E-state index is 0.0670. The van der Waals surface area contributed by atoms with Gasteiger partial charge < -0.3 is 9.84 Å². The van der Waals surface area contributed by atoms with Crippen LogP contribution in [0.25, 0.3) is 0 Å². The van der Waals surface area contributed by atoms with E-state index < -0.39 is 0 Å². The zero-order chi connectivity index (χ0) is 19.5. The first kappa shape index (κ1) is 18.7. The van der Waals surface area contributed by atoms with Crippen molar-refractivity contribution < 1.29 is 9.84 Å². The third kappa shape index (κ3) is 3.81. The number of rotatable bonds is 4. The van der Waals surface area contributed by atoms with E-state index in [2.05, 4.69) is 33.4 Å². The molecule has 2 atom stereocenters. The van der Waals surface area contributed by atoms with Gasteiger partial charge in [-0.1, -0.05) is 64.5 Å². The summed E-state index contributed by atoms with van der Waals surface area (Å²) in [7, 11) is 1.67. The number of hydrogen-bond donors (Lipinski definition) is 2. The van der Waals surface area contributed by atoms with Crippen LogP contribution in [0.5, 0.6) is 11.5 Å². The van der Waals surface area contributed by atoms with Crippen LogP contribution in [0.4, 0.5) is 0 Å². The quantitative estimate of drug-likeness (QED) is 0.576. The highest BCUT2D eigenvalue weighted by Gasteiger charge is 2.28. The first-order valence-electron chi connectivity index (χ1n) is 9.15. The summed E-state index contributed by atoms with van der Waals surface area (Å²) in [5.41, 5.74) is 3.89. The summed E-state index contributed by atoms with van der Waals surface area (Å²) in [4.78, 5) is 5.00. The predicted octanol–water partition coefficient (Wildman–Crippen LogP) is 5.39. The Kier molecular flexibility index (Phi) is 5.46. The minimum Gasteiger partial charge on any atom is -0.508 e. The Morgan fingerprint density at radius 3 is 2.50 bits per heavy atom. The van der Waals surface area contributed by atoms with Gasteiger partial charge in [0.25, 0.3) is 0 Å². The van der Waals surface area contributed by atoms with E-state index in [1.165, 1.54) is 0 Å². The molecule has 1 aliphatic heterocycles. The van der Waals surface area contributed by atoms with Crippen molar-refractivity contribution >= 4 is 21.6 Å². The summed E-state index contributed by atoms with van der Waals surface area (Å²) in [5.74, 6) is 1.07. The highest BCUT2D eigenvalue weighted by Crippen LogP contribution is 2.36. The zero-order valence-corrected chi connectivity index (χ0v) is 17.1. The fourth-order valence-corrected chi connectivity index (χ4v) is 3.98. The Morgan fingerprint density at radius 1 is 1.00 bits per heavy atom. The molecule has 0 aliphatic carbocycles. The average Bonchev–Trinajstić information content (AvgIpc) is 2.73. The van der Waals surface area contributed by atoms with E-state index in [4.69, 9.17) is 9.73 Å². The summed E-state index contributed by atoms with van der Waals surface area (Å²) in [6.07, 6.45) is 0.406. The van der Waals surface area contributed by atoms with Gasteiger partial charge in [0.1, 0.15) is 17.7 Å². The first-order chi connectivity index (χ1) is 13.7. The molecular weight excluding hydrogens is 416 g/mol. The van der Waals surface area contributed by atoms with Crippen molar-refractivity contribution in [3.63, 3.8) is 0 Å². The molecule has 0 amide bonds. The Labute approximate surface area is 173 Å². The summed E-state index contributed by atoms with van der Waals surface area (Å²) < 4.78 is 6.57. The second-order valence-corrected chi connectivity index (χ2v) is 7.63. The molecule has 0 aromatic heterocycles. The molecule has 1 heterocycles. The molecule has 0 saturated heterocycles. The summed E-state index contributed by atoms with van der Waals surface area (Å²) in [5, 5.41) is 14.0. The maximum atomic E-state index is 10.4. The zero-order valence-electron chi connectivity index (χ0n) is 15.5. The van der Waals surface area contributed by atoms with Crippen LogP contribution in [0.1, 0.15) is 35.3 Å². The molecule has 28 heavy (non-hydrogen) atoms. The lowest BCUT2D eigenvalue weighted by atomic mass is 9.93. The third-order valence-electron chi connectivity index (χ3n) is 4.94. The fraction of sp³-hybridized carbons (Fsp3) is 0.174. The van der Waals surface area contributed by atoms with Crippen LogP contribution >= 0.6 is 15.9 Å². The van der Waals surface area contributed by atoms with Gasteiger partial charge in [0.05, 0.1) is 7.11 Å². The van der Waals surface area contributed by atoms with Crippen LogP contribution in [-0.2, 0) is 0 Å². The number of halogens is 1. The Morgan fingerprint density at radius 2 is 1.75 bits per heavy atom. The van der Waals surface area contributed by atoms with Crippen LogP contribution in [0.15, 0.2) is 82.3 Å². The minimum atomic E-state index is -0.275. The number of methoxy groups -OCH3 is 1. The van der Waals surface area contributed by atoms with Gasteiger partial charge in [-0.3, -0.25) is 10.3 Å². The molecule has 4 rings (SSSR count). The van der Waals surface area contributed by atoms with E-state index in [-0.39, 0.29) is 18.0 Å². The standard InChI is InChI=1S/C23H21BrN2O2/c1-28-22-12-5-3-10-18(22)23-25-19(15-7-6-8-16(24)13-15)14-20(26-23)17-9-2-4-11-21(17)27/h2-13,20,23,26-27H,14H2,1H3/t20-,23-/m0/s1. The molecule has 5 heteroatoms. The topological polar surface area (TPSA) is 53.9 Å². The molecule has 1 aliphatic rings. The maximum absolute atomic E-state index is 10.4. The summed E-state index contributed by atoms with van der Waals surface area (Å²) >= 11 is 3.55. The number of para-hydroxylation sites is 2. The SMILES string of the molecule is COc1ccccc1[C@H]1N=C(c2cccc(Br)c2)C[C@@H](c2ccccc2O)N1. The molecule has 3 aromatic carbocycles. The Balaban J connectivity index is 1.80. The van der Waals surface area contributed by atoms with E-state index in [1.807, 2.05) is 54.6 Å². The molecule has 0 bridgehead atoms. The molecule has 4 nitrogen and oxygen atoms in total. The van der Waals surface area contributed by atoms with Crippen molar-refractivity contribution in [3.05, 3.63) is 94.0 Å². The second-order valence-electron chi connectivity index (χ2n) is 6.71. The number of nitrogens with zero attached hydrogens (tertiary/aromatic N) is 1. The van der Waals surface area contributed by atoms with E-state index in [0.29, 0.717) is 6.42 Å². The molecule has 0 unspecified atom stereocenters. The monoisotopic (exact) mass is 436 g/mol. The van der Waals surface area contributed by atoms with Gasteiger partial charge in [-0.05, 0) is 29.8 Å². The van der Waals surface area contributed by atoms with E-state index >= 15 is 0 Å². The van der Waals surface area contributed by atoms with Crippen molar-refractivity contribution in [1.82, 2.24) is 5.32 Å². The van der Waals surface area contributed by atoms with Crippen molar-refractivity contribution in [2.45, 2.75) is 18.6 Å². The average molecular weight is 437 g/mol. The molecule has 142 valence electrons. The molecule has 0 saturated carbocycles. The number of hydrogen-bond acceptors (Lipinski definition) is 4. The van der Waals surface area contributed by atoms with Crippen LogP contribution in [0.2, 0.25) is 0 Å². The molecule has 2 N–H and O–H groups in total. The smallest absolute Gasteiger partial charge is 0.129 e. The molecule has 0 radical (unpaired) electrons. The van der Waals surface area contributed by atoms with Crippen LogP contribution in [0, 0.1) is 0 Å². The molecule has 0 spiro atoms. The van der Waals surface area contributed by atoms with Gasteiger partial charge in [0, 0.05) is 33.8 Å². The van der Waals surface area contributed by atoms with Gasteiger partial charge in [-0.15, -0.1) is 0 Å². The third-order valence-corrected chi connectivity index (χ3v) is 5.44. The number of ether oxygens (including phenoxy) is 1. The molecular formula is C23H21BrN2O2. The number of benzene rings is 3. The van der Waals surface area contributed by atoms with E-state index in [9.17, 15) is 5.11 Å². The number of phenols is 1. The van der Waals surface area contributed by atoms with Crippen LogP contribution in [0.3, 0.4) is 0 Å². The van der Waals surface area contributed by atoms with E-state index in [1.54, 1.807) is 13.2 Å².